The summed E-state index contributed by atoms with van der Waals surface area (Å²) in [7, 11) is 0. The molecule has 1 aromatic rings. The summed E-state index contributed by atoms with van der Waals surface area (Å²) < 4.78 is 6.01. The highest BCUT2D eigenvalue weighted by Crippen LogP contribution is 2.22. The zero-order valence-electron chi connectivity index (χ0n) is 9.69. The summed E-state index contributed by atoms with van der Waals surface area (Å²) in [4.78, 5) is 16.9. The largest absolute Gasteiger partial charge is 0.507 e. The van der Waals surface area contributed by atoms with E-state index in [1.165, 1.54) is 12.1 Å². The van der Waals surface area contributed by atoms with E-state index in [1.54, 1.807) is 6.07 Å². The fraction of sp³-hybridized carbons (Fsp3) is 0.417. The minimum Gasteiger partial charge on any atom is -0.507 e. The molecule has 0 spiro atoms. The molecule has 1 aliphatic rings. The van der Waals surface area contributed by atoms with E-state index in [9.17, 15) is 9.90 Å². The topological polar surface area (TPSA) is 67.8 Å². The molecule has 1 heterocycles. The lowest BCUT2D eigenvalue weighted by atomic mass is 10.2. The van der Waals surface area contributed by atoms with Crippen molar-refractivity contribution in [2.45, 2.75) is 25.6 Å². The van der Waals surface area contributed by atoms with Crippen molar-refractivity contribution >= 4 is 21.8 Å². The SMILES string of the molecule is O=C(NOC1CCCCO1)c1ccc(Br)cc1O. The lowest BCUT2D eigenvalue weighted by molar-refractivity contribution is -0.186. The lowest BCUT2D eigenvalue weighted by Gasteiger charge is -2.22. The smallest absolute Gasteiger partial charge is 0.278 e. The number of aromatic hydroxyl groups is 1. The van der Waals surface area contributed by atoms with E-state index in [0.29, 0.717) is 11.1 Å². The summed E-state index contributed by atoms with van der Waals surface area (Å²) in [5.74, 6) is -0.593. The van der Waals surface area contributed by atoms with Crippen LogP contribution in [0.4, 0.5) is 0 Å². The standard InChI is InChI=1S/C12H14BrNO4/c13-8-4-5-9(10(15)7-8)12(16)14-18-11-3-1-2-6-17-11/h4-5,7,11,15H,1-3,6H2,(H,14,16). The Morgan fingerprint density at radius 1 is 1.50 bits per heavy atom. The van der Waals surface area contributed by atoms with Crippen molar-refractivity contribution in [2.24, 2.45) is 0 Å². The van der Waals surface area contributed by atoms with Crippen molar-refractivity contribution in [3.05, 3.63) is 28.2 Å². The lowest BCUT2D eigenvalue weighted by Crippen LogP contribution is -2.33. The minimum atomic E-state index is -0.492. The number of nitrogens with one attached hydrogen (secondary N) is 1. The van der Waals surface area contributed by atoms with Crippen LogP contribution in [0.1, 0.15) is 29.6 Å². The van der Waals surface area contributed by atoms with E-state index < -0.39 is 12.2 Å². The molecule has 1 fully saturated rings. The number of benzene rings is 1. The molecule has 1 amide bonds. The number of phenols is 1. The first-order chi connectivity index (χ1) is 8.66. The maximum Gasteiger partial charge on any atom is 0.278 e. The molecule has 5 nitrogen and oxygen atoms in total. The molecule has 18 heavy (non-hydrogen) atoms. The highest BCUT2D eigenvalue weighted by atomic mass is 79.9. The molecule has 6 heteroatoms. The Hall–Kier alpha value is -1.11. The van der Waals surface area contributed by atoms with Gasteiger partial charge in [0, 0.05) is 17.5 Å². The maximum absolute atomic E-state index is 11.8. The number of hydroxylamine groups is 1. The molecule has 2 rings (SSSR count). The third-order valence-corrected chi connectivity index (χ3v) is 3.12. The van der Waals surface area contributed by atoms with Crippen LogP contribution in [0.25, 0.3) is 0 Å². The van der Waals surface area contributed by atoms with E-state index >= 15 is 0 Å². The van der Waals surface area contributed by atoms with Crippen LogP contribution >= 0.6 is 15.9 Å². The van der Waals surface area contributed by atoms with Crippen molar-refractivity contribution in [1.29, 1.82) is 0 Å². The molecule has 1 aromatic carbocycles. The van der Waals surface area contributed by atoms with Gasteiger partial charge in [0.25, 0.3) is 5.91 Å². The number of hydrogen-bond acceptors (Lipinski definition) is 4. The van der Waals surface area contributed by atoms with Crippen molar-refractivity contribution in [3.63, 3.8) is 0 Å². The predicted octanol–water partition coefficient (Wildman–Crippen LogP) is 2.34. The summed E-state index contributed by atoms with van der Waals surface area (Å²) in [6.07, 6.45) is 2.39. The second-order valence-electron chi connectivity index (χ2n) is 4.01. The van der Waals surface area contributed by atoms with Gasteiger partial charge >= 0.3 is 0 Å². The van der Waals surface area contributed by atoms with Gasteiger partial charge in [0.15, 0.2) is 6.29 Å². The van der Waals surface area contributed by atoms with Crippen LogP contribution in [0.2, 0.25) is 0 Å². The van der Waals surface area contributed by atoms with Crippen LogP contribution in [-0.4, -0.2) is 23.9 Å². The van der Waals surface area contributed by atoms with Gasteiger partial charge in [-0.3, -0.25) is 4.79 Å². The molecule has 2 N–H and O–H groups in total. The summed E-state index contributed by atoms with van der Waals surface area (Å²) in [6, 6.07) is 4.64. The number of phenolic OH excluding ortho intramolecular Hbond substituents is 1. The molecule has 0 radical (unpaired) electrons. The Morgan fingerprint density at radius 2 is 2.33 bits per heavy atom. The van der Waals surface area contributed by atoms with Gasteiger partial charge in [-0.25, -0.2) is 10.3 Å². The average Bonchev–Trinajstić information content (AvgIpc) is 2.37. The highest BCUT2D eigenvalue weighted by molar-refractivity contribution is 9.10. The molecule has 1 unspecified atom stereocenters. The number of carbonyl (C=O) groups is 1. The molecular formula is C12H14BrNO4. The maximum atomic E-state index is 11.8. The average molecular weight is 316 g/mol. The number of amides is 1. The quantitative estimate of drug-likeness (QED) is 0.840. The highest BCUT2D eigenvalue weighted by Gasteiger charge is 2.17. The van der Waals surface area contributed by atoms with E-state index in [4.69, 9.17) is 9.57 Å². The van der Waals surface area contributed by atoms with E-state index in [1.807, 2.05) is 0 Å². The van der Waals surface area contributed by atoms with Crippen LogP contribution in [-0.2, 0) is 9.57 Å². The van der Waals surface area contributed by atoms with Crippen LogP contribution in [0.5, 0.6) is 5.75 Å². The molecule has 1 atom stereocenters. The molecule has 98 valence electrons. The third kappa shape index (κ3) is 3.44. The van der Waals surface area contributed by atoms with Gasteiger partial charge in [0.2, 0.25) is 0 Å². The molecule has 1 saturated heterocycles. The molecule has 0 bridgehead atoms. The monoisotopic (exact) mass is 315 g/mol. The Balaban J connectivity index is 1.90. The van der Waals surface area contributed by atoms with Gasteiger partial charge in [-0.1, -0.05) is 15.9 Å². The van der Waals surface area contributed by atoms with Crippen molar-refractivity contribution in [2.75, 3.05) is 6.61 Å². The normalized spacial score (nSPS) is 19.5. The van der Waals surface area contributed by atoms with Crippen molar-refractivity contribution < 1.29 is 19.5 Å². The number of halogens is 1. The first-order valence-corrected chi connectivity index (χ1v) is 6.52. The van der Waals surface area contributed by atoms with E-state index in [-0.39, 0.29) is 11.3 Å². The number of rotatable bonds is 3. The summed E-state index contributed by atoms with van der Waals surface area (Å²) in [5, 5.41) is 9.62. The minimum absolute atomic E-state index is 0.102. The van der Waals surface area contributed by atoms with Crippen LogP contribution in [0.3, 0.4) is 0 Å². The Labute approximate surface area is 113 Å². The molecule has 0 aromatic heterocycles. The van der Waals surface area contributed by atoms with Crippen molar-refractivity contribution in [1.82, 2.24) is 5.48 Å². The second-order valence-corrected chi connectivity index (χ2v) is 4.92. The van der Waals surface area contributed by atoms with Crippen LogP contribution < -0.4 is 5.48 Å². The predicted molar refractivity (Wildman–Crippen MR) is 67.9 cm³/mol. The van der Waals surface area contributed by atoms with Crippen LogP contribution in [0.15, 0.2) is 22.7 Å². The first-order valence-electron chi connectivity index (χ1n) is 5.73. The Kier molecular flexibility index (Phi) is 4.57. The fourth-order valence-electron chi connectivity index (χ4n) is 1.68. The second kappa shape index (κ2) is 6.17. The number of carbonyl (C=O) groups excluding carboxylic acids is 1. The van der Waals surface area contributed by atoms with Gasteiger partial charge in [-0.05, 0) is 31.0 Å². The molecule has 0 saturated carbocycles. The number of ether oxygens (including phenoxy) is 1. The van der Waals surface area contributed by atoms with Crippen LogP contribution in [0, 0.1) is 0 Å². The van der Waals surface area contributed by atoms with Gasteiger partial charge in [-0.15, -0.1) is 0 Å². The van der Waals surface area contributed by atoms with Gasteiger partial charge in [0.05, 0.1) is 5.56 Å². The fourth-order valence-corrected chi connectivity index (χ4v) is 2.02. The van der Waals surface area contributed by atoms with Crippen molar-refractivity contribution in [3.8, 4) is 5.75 Å². The Bertz CT molecular complexity index is 432. The summed E-state index contributed by atoms with van der Waals surface area (Å²) in [6.45, 7) is 0.643. The van der Waals surface area contributed by atoms with Gasteiger partial charge < -0.3 is 9.84 Å². The number of hydrogen-bond donors (Lipinski definition) is 2. The van der Waals surface area contributed by atoms with E-state index in [0.717, 1.165) is 19.3 Å². The Morgan fingerprint density at radius 3 is 3.00 bits per heavy atom. The molecule has 0 aliphatic carbocycles. The summed E-state index contributed by atoms with van der Waals surface area (Å²) >= 11 is 3.20. The van der Waals surface area contributed by atoms with E-state index in [2.05, 4.69) is 21.4 Å². The van der Waals surface area contributed by atoms with Gasteiger partial charge in [-0.2, -0.15) is 0 Å². The van der Waals surface area contributed by atoms with Gasteiger partial charge in [0.1, 0.15) is 5.75 Å². The molecular weight excluding hydrogens is 302 g/mol. The zero-order chi connectivity index (χ0) is 13.0. The third-order valence-electron chi connectivity index (χ3n) is 2.63. The zero-order valence-corrected chi connectivity index (χ0v) is 11.3. The molecule has 1 aliphatic heterocycles. The first kappa shape index (κ1) is 13.3. The summed E-state index contributed by atoms with van der Waals surface area (Å²) in [5.41, 5.74) is 2.45.